The van der Waals surface area contributed by atoms with Gasteiger partial charge in [-0.05, 0) is 30.3 Å². The average molecular weight is 338 g/mol. The van der Waals surface area contributed by atoms with Crippen molar-refractivity contribution >= 4 is 27.5 Å². The number of amides is 1. The number of hydrogen-bond donors (Lipinski definition) is 0. The van der Waals surface area contributed by atoms with Crippen LogP contribution in [0.2, 0.25) is 0 Å². The zero-order chi connectivity index (χ0) is 14.5. The quantitative estimate of drug-likeness (QED) is 0.852. The minimum Gasteiger partial charge on any atom is -0.481 e. The van der Waals surface area contributed by atoms with E-state index in [9.17, 15) is 9.18 Å². The van der Waals surface area contributed by atoms with Crippen LogP contribution in [0.3, 0.4) is 0 Å². The van der Waals surface area contributed by atoms with Crippen molar-refractivity contribution in [3.05, 3.63) is 58.8 Å². The lowest BCUT2D eigenvalue weighted by Gasteiger charge is -2.17. The number of likely N-dealkylation sites (N-methyl/N-ethyl adjacent to an activating group) is 1. The highest BCUT2D eigenvalue weighted by atomic mass is 79.9. The van der Waals surface area contributed by atoms with Crippen LogP contribution in [-0.4, -0.2) is 19.6 Å². The summed E-state index contributed by atoms with van der Waals surface area (Å²) in [5.41, 5.74) is 0.761. The first-order valence-electron chi connectivity index (χ1n) is 5.97. The van der Waals surface area contributed by atoms with Gasteiger partial charge in [0.1, 0.15) is 0 Å². The van der Waals surface area contributed by atoms with Crippen LogP contribution in [0.4, 0.5) is 10.1 Å². The third kappa shape index (κ3) is 3.57. The number of rotatable bonds is 4. The minimum absolute atomic E-state index is 0.0583. The predicted molar refractivity (Wildman–Crippen MR) is 79.4 cm³/mol. The number of benzene rings is 2. The first-order chi connectivity index (χ1) is 9.58. The van der Waals surface area contributed by atoms with Gasteiger partial charge < -0.3 is 9.64 Å². The van der Waals surface area contributed by atoms with Gasteiger partial charge in [-0.2, -0.15) is 0 Å². The van der Waals surface area contributed by atoms with Crippen LogP contribution in [0.15, 0.2) is 53.0 Å². The molecule has 0 N–H and O–H groups in total. The van der Waals surface area contributed by atoms with Crippen molar-refractivity contribution in [2.75, 3.05) is 18.6 Å². The Morgan fingerprint density at radius 3 is 2.60 bits per heavy atom. The summed E-state index contributed by atoms with van der Waals surface area (Å²) < 4.78 is 19.4. The largest absolute Gasteiger partial charge is 0.481 e. The van der Waals surface area contributed by atoms with E-state index >= 15 is 0 Å². The van der Waals surface area contributed by atoms with Gasteiger partial charge in [-0.1, -0.05) is 34.1 Å². The normalized spacial score (nSPS) is 10.2. The summed E-state index contributed by atoms with van der Waals surface area (Å²) >= 11 is 3.16. The summed E-state index contributed by atoms with van der Waals surface area (Å²) in [4.78, 5) is 13.4. The molecule has 0 aliphatic rings. The maximum atomic E-state index is 13.5. The summed E-state index contributed by atoms with van der Waals surface area (Å²) in [5.74, 6) is -0.698. The Morgan fingerprint density at radius 2 is 1.95 bits per heavy atom. The van der Waals surface area contributed by atoms with E-state index in [2.05, 4.69) is 15.9 Å². The summed E-state index contributed by atoms with van der Waals surface area (Å²) in [5, 5.41) is 0. The molecule has 0 spiro atoms. The Labute approximate surface area is 125 Å². The summed E-state index contributed by atoms with van der Waals surface area (Å²) in [6.07, 6.45) is 0. The van der Waals surface area contributed by atoms with Crippen molar-refractivity contribution < 1.29 is 13.9 Å². The van der Waals surface area contributed by atoms with Crippen molar-refractivity contribution in [3.63, 3.8) is 0 Å². The number of para-hydroxylation sites is 1. The van der Waals surface area contributed by atoms with Crippen LogP contribution in [0.1, 0.15) is 0 Å². The van der Waals surface area contributed by atoms with E-state index in [0.29, 0.717) is 4.47 Å². The molecule has 0 fully saturated rings. The van der Waals surface area contributed by atoms with Gasteiger partial charge in [-0.25, -0.2) is 4.39 Å². The number of carbonyl (C=O) groups is 1. The SMILES string of the molecule is CN(C(=O)COc1ccc(Br)cc1F)c1ccccc1. The van der Waals surface area contributed by atoms with Crippen LogP contribution in [0, 0.1) is 5.82 Å². The summed E-state index contributed by atoms with van der Waals surface area (Å²) in [6, 6.07) is 13.6. The molecule has 2 aromatic carbocycles. The van der Waals surface area contributed by atoms with Crippen LogP contribution in [-0.2, 0) is 4.79 Å². The van der Waals surface area contributed by atoms with E-state index in [4.69, 9.17) is 4.74 Å². The van der Waals surface area contributed by atoms with Crippen molar-refractivity contribution in [3.8, 4) is 5.75 Å². The highest BCUT2D eigenvalue weighted by molar-refractivity contribution is 9.10. The van der Waals surface area contributed by atoms with E-state index in [1.165, 1.54) is 17.0 Å². The highest BCUT2D eigenvalue weighted by Gasteiger charge is 2.12. The fraction of sp³-hybridized carbons (Fsp3) is 0.133. The third-order valence-corrected chi connectivity index (χ3v) is 3.26. The smallest absolute Gasteiger partial charge is 0.264 e. The van der Waals surface area contributed by atoms with Crippen LogP contribution >= 0.6 is 15.9 Å². The monoisotopic (exact) mass is 337 g/mol. The van der Waals surface area contributed by atoms with Gasteiger partial charge in [0.05, 0.1) is 0 Å². The Bertz CT molecular complexity index is 604. The lowest BCUT2D eigenvalue weighted by atomic mass is 10.3. The maximum absolute atomic E-state index is 13.5. The number of anilines is 1. The van der Waals surface area contributed by atoms with Crippen LogP contribution in [0.5, 0.6) is 5.75 Å². The number of halogens is 2. The highest BCUT2D eigenvalue weighted by Crippen LogP contribution is 2.21. The van der Waals surface area contributed by atoms with E-state index < -0.39 is 5.82 Å². The van der Waals surface area contributed by atoms with Crippen LogP contribution in [0.25, 0.3) is 0 Å². The van der Waals surface area contributed by atoms with Gasteiger partial charge in [0.25, 0.3) is 5.91 Å². The lowest BCUT2D eigenvalue weighted by molar-refractivity contribution is -0.120. The summed E-state index contributed by atoms with van der Waals surface area (Å²) in [6.45, 7) is -0.218. The molecule has 2 aromatic rings. The van der Waals surface area contributed by atoms with E-state index in [0.717, 1.165) is 5.69 Å². The average Bonchev–Trinajstić information content (AvgIpc) is 2.46. The second kappa shape index (κ2) is 6.52. The molecule has 0 radical (unpaired) electrons. The molecule has 2 rings (SSSR count). The zero-order valence-electron chi connectivity index (χ0n) is 10.8. The van der Waals surface area contributed by atoms with Gasteiger partial charge in [0, 0.05) is 17.2 Å². The fourth-order valence-corrected chi connectivity index (χ4v) is 1.96. The topological polar surface area (TPSA) is 29.5 Å². The van der Waals surface area contributed by atoms with Gasteiger partial charge in [0.2, 0.25) is 0 Å². The predicted octanol–water partition coefficient (Wildman–Crippen LogP) is 3.63. The van der Waals surface area contributed by atoms with Gasteiger partial charge >= 0.3 is 0 Å². The van der Waals surface area contributed by atoms with E-state index in [1.54, 1.807) is 13.1 Å². The molecule has 0 bridgehead atoms. The third-order valence-electron chi connectivity index (χ3n) is 2.76. The minimum atomic E-state index is -0.505. The van der Waals surface area contributed by atoms with Gasteiger partial charge in [0.15, 0.2) is 18.2 Å². The van der Waals surface area contributed by atoms with Crippen LogP contribution < -0.4 is 9.64 Å². The van der Waals surface area contributed by atoms with E-state index in [1.807, 2.05) is 30.3 Å². The summed E-state index contributed by atoms with van der Waals surface area (Å²) in [7, 11) is 1.65. The molecule has 0 aliphatic heterocycles. The number of carbonyl (C=O) groups excluding carboxylic acids is 1. The van der Waals surface area contributed by atoms with Crippen molar-refractivity contribution in [2.24, 2.45) is 0 Å². The molecule has 0 heterocycles. The molecular weight excluding hydrogens is 325 g/mol. The number of hydrogen-bond acceptors (Lipinski definition) is 2. The van der Waals surface area contributed by atoms with Crippen molar-refractivity contribution in [1.82, 2.24) is 0 Å². The van der Waals surface area contributed by atoms with Gasteiger partial charge in [-0.15, -0.1) is 0 Å². The molecule has 0 aromatic heterocycles. The van der Waals surface area contributed by atoms with E-state index in [-0.39, 0.29) is 18.3 Å². The molecular formula is C15H13BrFNO2. The maximum Gasteiger partial charge on any atom is 0.264 e. The Balaban J connectivity index is 1.98. The zero-order valence-corrected chi connectivity index (χ0v) is 12.4. The molecule has 3 nitrogen and oxygen atoms in total. The fourth-order valence-electron chi connectivity index (χ4n) is 1.62. The molecule has 0 atom stereocenters. The standard InChI is InChI=1S/C15H13BrFNO2/c1-18(12-5-3-2-4-6-12)15(19)10-20-14-8-7-11(16)9-13(14)17/h2-9H,10H2,1H3. The molecule has 0 aliphatic carbocycles. The lowest BCUT2D eigenvalue weighted by Crippen LogP contribution is -2.31. The molecule has 0 saturated heterocycles. The van der Waals surface area contributed by atoms with Crippen molar-refractivity contribution in [2.45, 2.75) is 0 Å². The Kier molecular flexibility index (Phi) is 4.74. The molecule has 104 valence electrons. The molecule has 0 unspecified atom stereocenters. The first kappa shape index (κ1) is 14.5. The first-order valence-corrected chi connectivity index (χ1v) is 6.76. The van der Waals surface area contributed by atoms with Gasteiger partial charge in [-0.3, -0.25) is 4.79 Å². The number of ether oxygens (including phenoxy) is 1. The second-order valence-corrected chi connectivity index (χ2v) is 5.07. The molecule has 0 saturated carbocycles. The Morgan fingerprint density at radius 1 is 1.25 bits per heavy atom. The van der Waals surface area contributed by atoms with Crippen molar-refractivity contribution in [1.29, 1.82) is 0 Å². The Hall–Kier alpha value is -1.88. The molecule has 20 heavy (non-hydrogen) atoms. The molecule has 5 heteroatoms. The number of nitrogens with zero attached hydrogens (tertiary/aromatic N) is 1. The second-order valence-electron chi connectivity index (χ2n) is 4.15. The molecule has 1 amide bonds.